The highest BCUT2D eigenvalue weighted by atomic mass is 79.9. The predicted molar refractivity (Wildman–Crippen MR) is 200 cm³/mol. The van der Waals surface area contributed by atoms with E-state index < -0.39 is 11.1 Å². The first-order valence-electron chi connectivity index (χ1n) is 17.0. The topological polar surface area (TPSA) is 107 Å². The van der Waals surface area contributed by atoms with Crippen LogP contribution in [-0.4, -0.2) is 48.5 Å². The number of amides is 1. The summed E-state index contributed by atoms with van der Waals surface area (Å²) in [5, 5.41) is 12.8. The van der Waals surface area contributed by atoms with Crippen LogP contribution in [0.3, 0.4) is 0 Å². The fourth-order valence-electron chi connectivity index (χ4n) is 6.88. The molecule has 50 heavy (non-hydrogen) atoms. The first kappa shape index (κ1) is 33.4. The molecule has 1 fully saturated rings. The van der Waals surface area contributed by atoms with Crippen molar-refractivity contribution in [3.8, 4) is 11.4 Å². The van der Waals surface area contributed by atoms with Gasteiger partial charge >= 0.3 is 6.09 Å². The average Bonchev–Trinajstić information content (AvgIpc) is 3.49. The van der Waals surface area contributed by atoms with Crippen molar-refractivity contribution in [2.45, 2.75) is 69.7 Å². The number of anilines is 1. The number of carbonyl (C=O) groups is 1. The van der Waals surface area contributed by atoms with Crippen molar-refractivity contribution in [3.05, 3.63) is 137 Å². The van der Waals surface area contributed by atoms with Crippen LogP contribution in [-0.2, 0) is 10.3 Å². The van der Waals surface area contributed by atoms with Crippen LogP contribution < -0.4 is 10.6 Å². The lowest BCUT2D eigenvalue weighted by atomic mass is 9.77. The number of nitrogens with one attached hydrogen (secondary N) is 2. The second-order valence-corrected chi connectivity index (χ2v) is 14.5. The zero-order valence-electron chi connectivity index (χ0n) is 28.4. The number of ether oxygens (including phenoxy) is 1. The third kappa shape index (κ3) is 6.85. The highest BCUT2D eigenvalue weighted by Crippen LogP contribution is 2.43. The van der Waals surface area contributed by atoms with Gasteiger partial charge in [0.2, 0.25) is 5.95 Å². The molecule has 3 heterocycles. The maximum Gasteiger partial charge on any atom is 0.407 e. The van der Waals surface area contributed by atoms with Gasteiger partial charge in [0.25, 0.3) is 0 Å². The lowest BCUT2D eigenvalue weighted by Crippen LogP contribution is -2.42. The van der Waals surface area contributed by atoms with E-state index in [0.29, 0.717) is 27.6 Å². The summed E-state index contributed by atoms with van der Waals surface area (Å²) in [6, 6.07) is 37.4. The number of pyridine rings is 1. The van der Waals surface area contributed by atoms with Crippen molar-refractivity contribution in [2.75, 3.05) is 5.32 Å². The monoisotopic (exact) mass is 729 g/mol. The Morgan fingerprint density at radius 2 is 1.32 bits per heavy atom. The number of hydrogen-bond acceptors (Lipinski definition) is 7. The second-order valence-electron chi connectivity index (χ2n) is 13.7. The average molecular weight is 731 g/mol. The van der Waals surface area contributed by atoms with E-state index in [1.807, 2.05) is 63.4 Å². The first-order valence-corrected chi connectivity index (χ1v) is 17.8. The van der Waals surface area contributed by atoms with Crippen molar-refractivity contribution in [1.29, 1.82) is 0 Å². The van der Waals surface area contributed by atoms with Crippen LogP contribution in [0.25, 0.3) is 22.4 Å². The Bertz CT molecular complexity index is 1980. The summed E-state index contributed by atoms with van der Waals surface area (Å²) >= 11 is 3.56. The molecular weight excluding hydrogens is 690 g/mol. The molecule has 7 rings (SSSR count). The molecule has 3 aromatic heterocycles. The van der Waals surface area contributed by atoms with Crippen LogP contribution in [0.15, 0.2) is 120 Å². The normalized spacial score (nSPS) is 16.6. The van der Waals surface area contributed by atoms with E-state index in [0.717, 1.165) is 47.8 Å². The van der Waals surface area contributed by atoms with Crippen LogP contribution >= 0.6 is 15.9 Å². The molecule has 0 bridgehead atoms. The van der Waals surface area contributed by atoms with Crippen LogP contribution in [0.1, 0.15) is 63.1 Å². The van der Waals surface area contributed by atoms with Crippen molar-refractivity contribution < 1.29 is 9.53 Å². The Kier molecular flexibility index (Phi) is 9.38. The van der Waals surface area contributed by atoms with Gasteiger partial charge in [-0.1, -0.05) is 97.1 Å². The maximum absolute atomic E-state index is 12.4. The lowest BCUT2D eigenvalue weighted by molar-refractivity contribution is 0.0492. The fraction of sp³-hybridized carbons (Fsp3) is 0.275. The smallest absolute Gasteiger partial charge is 0.407 e. The second kappa shape index (κ2) is 14.0. The Balaban J connectivity index is 1.34. The van der Waals surface area contributed by atoms with E-state index in [-0.39, 0.29) is 18.2 Å². The Morgan fingerprint density at radius 3 is 1.86 bits per heavy atom. The van der Waals surface area contributed by atoms with Gasteiger partial charge in [-0.2, -0.15) is 10.1 Å². The Hall–Kier alpha value is -5.09. The number of fused-ring (bicyclic) bond motifs is 1. The van der Waals surface area contributed by atoms with Gasteiger partial charge in [-0.15, -0.1) is 0 Å². The first-order chi connectivity index (χ1) is 24.2. The number of hydrogen-bond donors (Lipinski definition) is 2. The molecule has 1 amide bonds. The molecule has 10 heteroatoms. The molecule has 0 radical (unpaired) electrons. The summed E-state index contributed by atoms with van der Waals surface area (Å²) in [7, 11) is 0. The molecule has 1 aliphatic rings. The molecule has 0 unspecified atom stereocenters. The number of aromatic nitrogens is 5. The van der Waals surface area contributed by atoms with Crippen LogP contribution in [0, 0.1) is 0 Å². The molecule has 1 saturated carbocycles. The number of halogens is 1. The van der Waals surface area contributed by atoms with E-state index >= 15 is 0 Å². The van der Waals surface area contributed by atoms with E-state index in [4.69, 9.17) is 24.8 Å². The molecule has 254 valence electrons. The van der Waals surface area contributed by atoms with Gasteiger partial charge in [0.05, 0.1) is 11.1 Å². The molecule has 1 aliphatic carbocycles. The van der Waals surface area contributed by atoms with Crippen molar-refractivity contribution in [2.24, 2.45) is 0 Å². The van der Waals surface area contributed by atoms with Gasteiger partial charge in [-0.05, 0) is 91.2 Å². The fourth-order valence-corrected chi connectivity index (χ4v) is 7.22. The lowest BCUT2D eigenvalue weighted by Gasteiger charge is -2.36. The summed E-state index contributed by atoms with van der Waals surface area (Å²) in [6.07, 6.45) is 4.86. The van der Waals surface area contributed by atoms with Gasteiger partial charge < -0.3 is 15.4 Å². The quantitative estimate of drug-likeness (QED) is 0.119. The van der Waals surface area contributed by atoms with Crippen molar-refractivity contribution in [1.82, 2.24) is 30.0 Å². The van der Waals surface area contributed by atoms with Gasteiger partial charge in [0.15, 0.2) is 5.65 Å². The molecule has 3 aromatic carbocycles. The molecule has 0 aliphatic heterocycles. The number of carbonyl (C=O) groups excluding carboxylic acids is 1. The zero-order chi connectivity index (χ0) is 34.7. The molecular formula is C40H40BrN7O2. The minimum atomic E-state index is -0.886. The number of rotatable bonds is 8. The Morgan fingerprint density at radius 1 is 0.760 bits per heavy atom. The Labute approximate surface area is 300 Å². The summed E-state index contributed by atoms with van der Waals surface area (Å²) in [6.45, 7) is 5.62. The number of benzene rings is 3. The largest absolute Gasteiger partial charge is 0.444 e. The SMILES string of the molecule is CC(C)(C)OC(=O)NC1CCC(Nc2ncc3c(-c4cccc(Br)n4)nn(C(c4ccccc4)(c4ccccc4)c4ccccc4)c3n2)CC1. The summed E-state index contributed by atoms with van der Waals surface area (Å²) in [5.41, 5.74) is 3.79. The van der Waals surface area contributed by atoms with Crippen LogP contribution in [0.5, 0.6) is 0 Å². The third-order valence-electron chi connectivity index (χ3n) is 9.06. The standard InChI is InChI=1S/C40H40BrN7O2/c1-39(2,3)50-38(49)44-31-24-22-30(23-25-31)43-37-42-26-32-35(33-20-13-21-34(41)45-33)47-48(36(32)46-37)40(27-14-7-4-8-15-27,28-16-9-5-10-17-28)29-18-11-6-12-19-29/h4-21,26,30-31H,22-25H2,1-3H3,(H,44,49)(H,42,43,46). The molecule has 0 saturated heterocycles. The molecule has 0 atom stereocenters. The maximum atomic E-state index is 12.4. The molecule has 0 spiro atoms. The summed E-state index contributed by atoms with van der Waals surface area (Å²) in [4.78, 5) is 27.2. The molecule has 9 nitrogen and oxygen atoms in total. The zero-order valence-corrected chi connectivity index (χ0v) is 30.0. The van der Waals surface area contributed by atoms with Gasteiger partial charge in [0.1, 0.15) is 21.4 Å². The van der Waals surface area contributed by atoms with Crippen molar-refractivity contribution in [3.63, 3.8) is 0 Å². The summed E-state index contributed by atoms with van der Waals surface area (Å²) in [5.74, 6) is 0.527. The van der Waals surface area contributed by atoms with E-state index in [1.165, 1.54) is 0 Å². The van der Waals surface area contributed by atoms with Crippen LogP contribution in [0.2, 0.25) is 0 Å². The molecule has 6 aromatic rings. The van der Waals surface area contributed by atoms with Crippen molar-refractivity contribution >= 4 is 39.0 Å². The molecule has 2 N–H and O–H groups in total. The van der Waals surface area contributed by atoms with E-state index in [1.54, 1.807) is 0 Å². The highest BCUT2D eigenvalue weighted by Gasteiger charge is 2.42. The number of alkyl carbamates (subject to hydrolysis) is 1. The highest BCUT2D eigenvalue weighted by molar-refractivity contribution is 9.10. The van der Waals surface area contributed by atoms with Gasteiger partial charge in [-0.25, -0.2) is 19.4 Å². The van der Waals surface area contributed by atoms with Gasteiger partial charge in [-0.3, -0.25) is 0 Å². The predicted octanol–water partition coefficient (Wildman–Crippen LogP) is 8.74. The third-order valence-corrected chi connectivity index (χ3v) is 9.50. The minimum absolute atomic E-state index is 0.0659. The van der Waals surface area contributed by atoms with Gasteiger partial charge in [0, 0.05) is 18.3 Å². The van der Waals surface area contributed by atoms with E-state index in [9.17, 15) is 4.79 Å². The summed E-state index contributed by atoms with van der Waals surface area (Å²) < 4.78 is 8.24. The number of nitrogens with zero attached hydrogens (tertiary/aromatic N) is 5. The van der Waals surface area contributed by atoms with E-state index in [2.05, 4.69) is 104 Å². The van der Waals surface area contributed by atoms with Crippen LogP contribution in [0.4, 0.5) is 10.7 Å². The minimum Gasteiger partial charge on any atom is -0.444 e.